The van der Waals surface area contributed by atoms with E-state index in [0.29, 0.717) is 28.0 Å². The van der Waals surface area contributed by atoms with Crippen LogP contribution >= 0.6 is 35.4 Å². The highest BCUT2D eigenvalue weighted by Crippen LogP contribution is 2.37. The number of aromatic nitrogens is 1. The van der Waals surface area contributed by atoms with E-state index in [0.717, 1.165) is 11.3 Å². The van der Waals surface area contributed by atoms with Gasteiger partial charge in [-0.3, -0.25) is 9.88 Å². The molecule has 6 nitrogen and oxygen atoms in total. The van der Waals surface area contributed by atoms with Crippen LogP contribution in [-0.4, -0.2) is 16.0 Å². The van der Waals surface area contributed by atoms with E-state index in [1.807, 2.05) is 0 Å². The van der Waals surface area contributed by atoms with E-state index in [2.05, 4.69) is 10.1 Å². The van der Waals surface area contributed by atoms with Crippen molar-refractivity contribution in [3.05, 3.63) is 51.8 Å². The molecule has 9 heteroatoms. The van der Waals surface area contributed by atoms with Crippen molar-refractivity contribution < 1.29 is 4.74 Å². The zero-order valence-corrected chi connectivity index (χ0v) is 14.0. The summed E-state index contributed by atoms with van der Waals surface area (Å²) < 4.78 is 5.65. The van der Waals surface area contributed by atoms with Gasteiger partial charge in [0.1, 0.15) is 5.69 Å². The van der Waals surface area contributed by atoms with Crippen LogP contribution in [0.15, 0.2) is 35.6 Å². The van der Waals surface area contributed by atoms with Crippen molar-refractivity contribution in [3.8, 4) is 5.75 Å². The average molecular weight is 368 g/mol. The lowest BCUT2D eigenvalue weighted by molar-refractivity contribution is 0.518. The number of thiocarbonyl (C=S) groups is 1. The van der Waals surface area contributed by atoms with Crippen LogP contribution in [-0.2, 0) is 6.54 Å². The van der Waals surface area contributed by atoms with Crippen molar-refractivity contribution in [2.45, 2.75) is 6.54 Å². The number of hydrazone groups is 1. The van der Waals surface area contributed by atoms with E-state index in [9.17, 15) is 0 Å². The van der Waals surface area contributed by atoms with Gasteiger partial charge in [-0.1, -0.05) is 23.2 Å². The summed E-state index contributed by atoms with van der Waals surface area (Å²) in [5, 5.41) is 4.64. The Morgan fingerprint density at radius 3 is 2.78 bits per heavy atom. The first-order chi connectivity index (χ1) is 11.0. The number of halogens is 2. The molecule has 118 valence electrons. The highest BCUT2D eigenvalue weighted by Gasteiger charge is 2.26. The molecule has 4 N–H and O–H groups in total. The number of nitrogens with two attached hydrogens (primary N) is 2. The molecule has 0 bridgehead atoms. The van der Waals surface area contributed by atoms with E-state index in [-0.39, 0.29) is 11.0 Å². The van der Waals surface area contributed by atoms with Gasteiger partial charge in [-0.25, -0.2) is 0 Å². The van der Waals surface area contributed by atoms with Crippen molar-refractivity contribution in [2.24, 2.45) is 16.7 Å². The first-order valence-corrected chi connectivity index (χ1v) is 7.63. The number of ether oxygens (including phenoxy) is 1. The van der Waals surface area contributed by atoms with Gasteiger partial charge in [0.05, 0.1) is 23.5 Å². The molecule has 1 aromatic carbocycles. The molecule has 0 fully saturated rings. The van der Waals surface area contributed by atoms with E-state index in [1.54, 1.807) is 35.4 Å². The number of hydrogen-bond acceptors (Lipinski definition) is 5. The number of rotatable bonds is 2. The monoisotopic (exact) mass is 367 g/mol. The summed E-state index contributed by atoms with van der Waals surface area (Å²) in [4.78, 5) is 5.98. The fourth-order valence-electron chi connectivity index (χ4n) is 2.18. The number of amidine groups is 1. The lowest BCUT2D eigenvalue weighted by Gasteiger charge is -2.30. The number of anilines is 1. The Bertz CT molecular complexity index is 810. The summed E-state index contributed by atoms with van der Waals surface area (Å²) in [6.45, 7) is 0.468. The third-order valence-corrected chi connectivity index (χ3v) is 4.09. The Balaban J connectivity index is 1.93. The van der Waals surface area contributed by atoms with Crippen molar-refractivity contribution in [3.63, 3.8) is 0 Å². The second-order valence-electron chi connectivity index (χ2n) is 4.75. The Morgan fingerprint density at radius 1 is 1.35 bits per heavy atom. The maximum Gasteiger partial charge on any atom is 0.269 e. The van der Waals surface area contributed by atoms with Crippen molar-refractivity contribution in [1.82, 2.24) is 4.98 Å². The molecule has 2 heterocycles. The third kappa shape index (κ3) is 3.03. The van der Waals surface area contributed by atoms with Crippen molar-refractivity contribution in [1.29, 1.82) is 0 Å². The summed E-state index contributed by atoms with van der Waals surface area (Å²) in [6, 6.07) is 6.90. The van der Waals surface area contributed by atoms with Crippen LogP contribution in [0.4, 0.5) is 5.69 Å². The summed E-state index contributed by atoms with van der Waals surface area (Å²) >= 11 is 17.5. The molecule has 0 unspecified atom stereocenters. The summed E-state index contributed by atoms with van der Waals surface area (Å²) in [7, 11) is 0. The number of nitrogens with zero attached hydrogens (tertiary/aromatic N) is 3. The zero-order valence-electron chi connectivity index (χ0n) is 11.7. The SMILES string of the molecule is N/N=C(\N)c1ccc(N2Cc3cc(Cl)cc(Cl)c3OC2=S)cn1. The summed E-state index contributed by atoms with van der Waals surface area (Å²) in [5.41, 5.74) is 7.67. The summed E-state index contributed by atoms with van der Waals surface area (Å²) in [6.07, 6.45) is 1.61. The molecule has 0 aliphatic carbocycles. The maximum absolute atomic E-state index is 6.14. The predicted octanol–water partition coefficient (Wildman–Crippen LogP) is 2.65. The van der Waals surface area contributed by atoms with Crippen LogP contribution in [0.1, 0.15) is 11.3 Å². The van der Waals surface area contributed by atoms with Crippen molar-refractivity contribution in [2.75, 3.05) is 4.90 Å². The molecule has 0 radical (unpaired) electrons. The van der Waals surface area contributed by atoms with Gasteiger partial charge in [0, 0.05) is 10.6 Å². The van der Waals surface area contributed by atoms with Crippen LogP contribution in [0.2, 0.25) is 10.0 Å². The molecule has 1 aromatic heterocycles. The van der Waals surface area contributed by atoms with Gasteiger partial charge >= 0.3 is 0 Å². The van der Waals surface area contributed by atoms with Crippen LogP contribution < -0.4 is 21.2 Å². The minimum absolute atomic E-state index is 0.151. The van der Waals surface area contributed by atoms with Gasteiger partial charge in [0.25, 0.3) is 5.17 Å². The third-order valence-electron chi connectivity index (χ3n) is 3.28. The minimum atomic E-state index is 0.151. The Kier molecular flexibility index (Phi) is 4.25. The Hall–Kier alpha value is -2.09. The molecule has 0 spiro atoms. The highest BCUT2D eigenvalue weighted by molar-refractivity contribution is 7.80. The fraction of sp³-hybridized carbons (Fsp3) is 0.0714. The molecule has 0 saturated carbocycles. The lowest BCUT2D eigenvalue weighted by atomic mass is 10.1. The Labute approximate surface area is 147 Å². The van der Waals surface area contributed by atoms with Gasteiger partial charge < -0.3 is 16.3 Å². The normalized spacial score (nSPS) is 14.4. The molecule has 1 aliphatic heterocycles. The zero-order chi connectivity index (χ0) is 16.6. The molecule has 0 amide bonds. The second-order valence-corrected chi connectivity index (χ2v) is 5.94. The van der Waals surface area contributed by atoms with E-state index >= 15 is 0 Å². The molecule has 0 atom stereocenters. The number of hydrogen-bond donors (Lipinski definition) is 2. The summed E-state index contributed by atoms with van der Waals surface area (Å²) in [5.74, 6) is 5.82. The minimum Gasteiger partial charge on any atom is -0.430 e. The molecule has 2 aromatic rings. The van der Waals surface area contributed by atoms with Gasteiger partial charge in [-0.2, -0.15) is 5.10 Å². The fourth-order valence-corrected chi connectivity index (χ4v) is 3.01. The highest BCUT2D eigenvalue weighted by atomic mass is 35.5. The quantitative estimate of drug-likeness (QED) is 0.279. The lowest BCUT2D eigenvalue weighted by Crippen LogP contribution is -2.37. The molecule has 1 aliphatic rings. The molecule has 23 heavy (non-hydrogen) atoms. The molecule has 3 rings (SSSR count). The van der Waals surface area contributed by atoms with Gasteiger partial charge in [0.2, 0.25) is 0 Å². The van der Waals surface area contributed by atoms with E-state index in [4.69, 9.17) is 51.7 Å². The predicted molar refractivity (Wildman–Crippen MR) is 95.0 cm³/mol. The van der Waals surface area contributed by atoms with Crippen LogP contribution in [0.3, 0.4) is 0 Å². The standard InChI is InChI=1S/C14H11Cl2N5OS/c15-8-3-7-6-21(14(23)22-12(7)10(16)4-8)9-1-2-11(19-5-9)13(17)20-18/h1-5H,6,18H2,(H2,17,20). The number of benzene rings is 1. The largest absolute Gasteiger partial charge is 0.430 e. The first kappa shape index (κ1) is 15.8. The smallest absolute Gasteiger partial charge is 0.269 e. The van der Waals surface area contributed by atoms with Crippen LogP contribution in [0.25, 0.3) is 0 Å². The van der Waals surface area contributed by atoms with Crippen LogP contribution in [0.5, 0.6) is 5.75 Å². The molecule has 0 saturated heterocycles. The number of pyridine rings is 1. The maximum atomic E-state index is 6.14. The molecular formula is C14H11Cl2N5OS. The topological polar surface area (TPSA) is 89.8 Å². The first-order valence-electron chi connectivity index (χ1n) is 6.46. The molecular weight excluding hydrogens is 357 g/mol. The van der Waals surface area contributed by atoms with Crippen LogP contribution in [0, 0.1) is 0 Å². The van der Waals surface area contributed by atoms with Gasteiger partial charge in [0.15, 0.2) is 11.6 Å². The number of fused-ring (bicyclic) bond motifs is 1. The van der Waals surface area contributed by atoms with E-state index < -0.39 is 0 Å². The van der Waals surface area contributed by atoms with Gasteiger partial charge in [-0.15, -0.1) is 0 Å². The Morgan fingerprint density at radius 2 is 2.13 bits per heavy atom. The van der Waals surface area contributed by atoms with Crippen molar-refractivity contribution >= 4 is 52.1 Å². The van der Waals surface area contributed by atoms with Gasteiger partial charge in [-0.05, 0) is 36.5 Å². The average Bonchev–Trinajstić information content (AvgIpc) is 2.54. The van der Waals surface area contributed by atoms with E-state index in [1.165, 1.54) is 0 Å². The second kappa shape index (κ2) is 6.19.